The van der Waals surface area contributed by atoms with Gasteiger partial charge in [0.15, 0.2) is 0 Å². The van der Waals surface area contributed by atoms with Crippen LogP contribution in [0.1, 0.15) is 18.5 Å². The molecule has 1 heterocycles. The molecule has 0 bridgehead atoms. The number of rotatable bonds is 3. The van der Waals surface area contributed by atoms with Crippen LogP contribution in [0.3, 0.4) is 0 Å². The van der Waals surface area contributed by atoms with Gasteiger partial charge in [-0.1, -0.05) is 36.4 Å². The maximum Gasteiger partial charge on any atom is 0.0656 e. The minimum atomic E-state index is 0.425. The lowest BCUT2D eigenvalue weighted by atomic mass is 9.99. The highest BCUT2D eigenvalue weighted by Crippen LogP contribution is 2.28. The Morgan fingerprint density at radius 3 is 2.50 bits per heavy atom. The molecule has 0 amide bonds. The molecule has 0 aliphatic heterocycles. The average molecular weight is 265 g/mol. The monoisotopic (exact) mass is 265 g/mol. The van der Waals surface area contributed by atoms with Crippen LogP contribution in [0.4, 0.5) is 0 Å². The number of aromatic nitrogens is 2. The number of H-pyrrole nitrogens is 1. The summed E-state index contributed by atoms with van der Waals surface area (Å²) in [6.45, 7) is 2.21. The third-order valence-corrected chi connectivity index (χ3v) is 3.96. The predicted octanol–water partition coefficient (Wildman–Crippen LogP) is 3.85. The largest absolute Gasteiger partial charge is 0.303 e. The van der Waals surface area contributed by atoms with Crippen LogP contribution in [0.25, 0.3) is 22.0 Å². The van der Waals surface area contributed by atoms with E-state index in [4.69, 9.17) is 0 Å². The molecule has 1 N–H and O–H groups in total. The summed E-state index contributed by atoms with van der Waals surface area (Å²) in [6, 6.07) is 15.5. The van der Waals surface area contributed by atoms with Crippen molar-refractivity contribution in [1.29, 1.82) is 0 Å². The van der Waals surface area contributed by atoms with Gasteiger partial charge in [0, 0.05) is 11.4 Å². The predicted molar refractivity (Wildman–Crippen MR) is 83.6 cm³/mol. The number of fused-ring (bicyclic) bond motifs is 1. The number of benzene rings is 2. The molecule has 1 aromatic heterocycles. The SMILES string of the molecule is CC(c1ccc(-c2cccc3[nH]ncc23)cc1)N(C)C. The van der Waals surface area contributed by atoms with Gasteiger partial charge in [-0.3, -0.25) is 5.10 Å². The summed E-state index contributed by atoms with van der Waals surface area (Å²) in [5.74, 6) is 0. The van der Waals surface area contributed by atoms with E-state index in [1.807, 2.05) is 12.3 Å². The van der Waals surface area contributed by atoms with Gasteiger partial charge in [-0.25, -0.2) is 0 Å². The Balaban J connectivity index is 2.01. The summed E-state index contributed by atoms with van der Waals surface area (Å²) >= 11 is 0. The molecule has 102 valence electrons. The average Bonchev–Trinajstić information content (AvgIpc) is 2.95. The normalized spacial score (nSPS) is 13.0. The summed E-state index contributed by atoms with van der Waals surface area (Å²) in [6.07, 6.45) is 1.89. The summed E-state index contributed by atoms with van der Waals surface area (Å²) in [4.78, 5) is 2.21. The Bertz CT molecular complexity index is 710. The van der Waals surface area contributed by atoms with E-state index in [9.17, 15) is 0 Å². The molecule has 3 heteroatoms. The second kappa shape index (κ2) is 5.10. The molecule has 2 aromatic carbocycles. The zero-order valence-corrected chi connectivity index (χ0v) is 12.1. The first-order valence-electron chi connectivity index (χ1n) is 6.85. The fourth-order valence-electron chi connectivity index (χ4n) is 2.46. The van der Waals surface area contributed by atoms with Crippen molar-refractivity contribution in [1.82, 2.24) is 15.1 Å². The Kier molecular flexibility index (Phi) is 3.28. The van der Waals surface area contributed by atoms with Crippen molar-refractivity contribution in [3.8, 4) is 11.1 Å². The van der Waals surface area contributed by atoms with Crippen LogP contribution in [0.15, 0.2) is 48.7 Å². The molecule has 0 fully saturated rings. The Labute approximate surface area is 119 Å². The number of nitrogens with zero attached hydrogens (tertiary/aromatic N) is 2. The van der Waals surface area contributed by atoms with Crippen LogP contribution in [0.5, 0.6) is 0 Å². The van der Waals surface area contributed by atoms with Gasteiger partial charge in [0.1, 0.15) is 0 Å². The maximum absolute atomic E-state index is 4.12. The van der Waals surface area contributed by atoms with Gasteiger partial charge < -0.3 is 4.90 Å². The molecule has 1 unspecified atom stereocenters. The lowest BCUT2D eigenvalue weighted by Gasteiger charge is -2.20. The molecule has 0 aliphatic rings. The van der Waals surface area contributed by atoms with Crippen molar-refractivity contribution in [2.45, 2.75) is 13.0 Å². The second-order valence-electron chi connectivity index (χ2n) is 5.40. The van der Waals surface area contributed by atoms with E-state index in [1.54, 1.807) is 0 Å². The third-order valence-electron chi connectivity index (χ3n) is 3.96. The Morgan fingerprint density at radius 2 is 1.80 bits per heavy atom. The van der Waals surface area contributed by atoms with Gasteiger partial charge in [-0.2, -0.15) is 5.10 Å². The van der Waals surface area contributed by atoms with E-state index in [2.05, 4.69) is 72.5 Å². The standard InChI is InChI=1S/C17H19N3/c1-12(20(2)3)13-7-9-14(10-8-13)15-5-4-6-17-16(15)11-18-19-17/h4-12H,1-3H3,(H,18,19). The second-order valence-corrected chi connectivity index (χ2v) is 5.40. The van der Waals surface area contributed by atoms with Gasteiger partial charge in [-0.15, -0.1) is 0 Å². The van der Waals surface area contributed by atoms with E-state index in [-0.39, 0.29) is 0 Å². The van der Waals surface area contributed by atoms with Crippen LogP contribution in [-0.4, -0.2) is 29.2 Å². The zero-order valence-electron chi connectivity index (χ0n) is 12.1. The molecule has 20 heavy (non-hydrogen) atoms. The number of nitrogens with one attached hydrogen (secondary N) is 1. The molecule has 1 atom stereocenters. The summed E-state index contributed by atoms with van der Waals surface area (Å²) < 4.78 is 0. The fraction of sp³-hybridized carbons (Fsp3) is 0.235. The van der Waals surface area contributed by atoms with E-state index in [1.165, 1.54) is 22.1 Å². The van der Waals surface area contributed by atoms with Crippen LogP contribution < -0.4 is 0 Å². The molecule has 0 radical (unpaired) electrons. The van der Waals surface area contributed by atoms with Gasteiger partial charge in [-0.05, 0) is 43.8 Å². The molecule has 3 nitrogen and oxygen atoms in total. The van der Waals surface area contributed by atoms with Crippen LogP contribution in [0.2, 0.25) is 0 Å². The van der Waals surface area contributed by atoms with Crippen molar-refractivity contribution in [3.63, 3.8) is 0 Å². The highest BCUT2D eigenvalue weighted by atomic mass is 15.1. The van der Waals surface area contributed by atoms with Gasteiger partial charge in [0.2, 0.25) is 0 Å². The van der Waals surface area contributed by atoms with Gasteiger partial charge in [0.25, 0.3) is 0 Å². The molecular weight excluding hydrogens is 246 g/mol. The topological polar surface area (TPSA) is 31.9 Å². The van der Waals surface area contributed by atoms with Crippen molar-refractivity contribution >= 4 is 10.9 Å². The molecule has 0 aliphatic carbocycles. The van der Waals surface area contributed by atoms with Crippen LogP contribution in [0, 0.1) is 0 Å². The molecule has 0 saturated heterocycles. The Hall–Kier alpha value is -2.13. The first-order valence-corrected chi connectivity index (χ1v) is 6.85. The molecule has 3 aromatic rings. The number of aromatic amines is 1. The number of hydrogen-bond donors (Lipinski definition) is 1. The quantitative estimate of drug-likeness (QED) is 0.780. The molecular formula is C17H19N3. The minimum Gasteiger partial charge on any atom is -0.303 e. The van der Waals surface area contributed by atoms with Crippen molar-refractivity contribution in [3.05, 3.63) is 54.2 Å². The smallest absolute Gasteiger partial charge is 0.0656 e. The summed E-state index contributed by atoms with van der Waals surface area (Å²) in [5.41, 5.74) is 4.86. The zero-order chi connectivity index (χ0) is 14.1. The third kappa shape index (κ3) is 2.21. The van der Waals surface area contributed by atoms with E-state index in [0.717, 1.165) is 5.52 Å². The fourth-order valence-corrected chi connectivity index (χ4v) is 2.46. The van der Waals surface area contributed by atoms with Gasteiger partial charge >= 0.3 is 0 Å². The van der Waals surface area contributed by atoms with Crippen molar-refractivity contribution < 1.29 is 0 Å². The molecule has 0 saturated carbocycles. The van der Waals surface area contributed by atoms with Crippen molar-refractivity contribution in [2.24, 2.45) is 0 Å². The minimum absolute atomic E-state index is 0.425. The number of hydrogen-bond acceptors (Lipinski definition) is 2. The summed E-state index contributed by atoms with van der Waals surface area (Å²) in [7, 11) is 4.20. The molecule has 3 rings (SSSR count). The van der Waals surface area contributed by atoms with E-state index in [0.29, 0.717) is 6.04 Å². The first kappa shape index (κ1) is 12.9. The van der Waals surface area contributed by atoms with E-state index < -0.39 is 0 Å². The highest BCUT2D eigenvalue weighted by Gasteiger charge is 2.09. The maximum atomic E-state index is 4.12. The summed E-state index contributed by atoms with van der Waals surface area (Å²) in [5, 5.41) is 8.31. The Morgan fingerprint density at radius 1 is 1.05 bits per heavy atom. The highest BCUT2D eigenvalue weighted by molar-refractivity contribution is 5.94. The van der Waals surface area contributed by atoms with Crippen molar-refractivity contribution in [2.75, 3.05) is 14.1 Å². The van der Waals surface area contributed by atoms with Gasteiger partial charge in [0.05, 0.1) is 11.7 Å². The lowest BCUT2D eigenvalue weighted by Crippen LogP contribution is -2.16. The van der Waals surface area contributed by atoms with E-state index >= 15 is 0 Å². The molecule has 0 spiro atoms. The first-order chi connectivity index (χ1) is 9.66. The van der Waals surface area contributed by atoms with Crippen LogP contribution >= 0.6 is 0 Å². The lowest BCUT2D eigenvalue weighted by molar-refractivity contribution is 0.321. The van der Waals surface area contributed by atoms with Crippen LogP contribution in [-0.2, 0) is 0 Å².